The minimum absolute atomic E-state index is 0.0460. The first-order chi connectivity index (χ1) is 16.6. The number of aromatic nitrogens is 2. The third-order valence-corrected chi connectivity index (χ3v) is 6.61. The van der Waals surface area contributed by atoms with Crippen LogP contribution in [0.4, 0.5) is 0 Å². The molecule has 0 radical (unpaired) electrons. The van der Waals surface area contributed by atoms with Gasteiger partial charge in [-0.25, -0.2) is 4.68 Å². The van der Waals surface area contributed by atoms with Gasteiger partial charge in [0.05, 0.1) is 16.9 Å². The second-order valence-electron chi connectivity index (χ2n) is 8.62. The lowest BCUT2D eigenvalue weighted by molar-refractivity contribution is 0.0628. The molecule has 0 spiro atoms. The van der Waals surface area contributed by atoms with E-state index in [9.17, 15) is 4.79 Å². The number of rotatable bonds is 5. The van der Waals surface area contributed by atoms with Crippen LogP contribution < -0.4 is 0 Å². The molecule has 4 aromatic rings. The number of hydrogen-bond acceptors (Lipinski definition) is 3. The Morgan fingerprint density at radius 1 is 0.853 bits per heavy atom. The van der Waals surface area contributed by atoms with E-state index in [1.165, 1.54) is 5.56 Å². The number of piperazine rings is 1. The second kappa shape index (κ2) is 9.84. The number of amides is 1. The Bertz CT molecular complexity index is 1260. The van der Waals surface area contributed by atoms with Crippen molar-refractivity contribution in [1.82, 2.24) is 19.6 Å². The van der Waals surface area contributed by atoms with Gasteiger partial charge in [-0.2, -0.15) is 5.10 Å². The van der Waals surface area contributed by atoms with Crippen LogP contribution in [0.15, 0.2) is 84.9 Å². The molecule has 0 aliphatic carbocycles. The highest BCUT2D eigenvalue weighted by molar-refractivity contribution is 6.30. The third-order valence-electron chi connectivity index (χ3n) is 6.36. The highest BCUT2D eigenvalue weighted by Gasteiger charge is 2.29. The van der Waals surface area contributed by atoms with Crippen molar-refractivity contribution in [2.24, 2.45) is 0 Å². The summed E-state index contributed by atoms with van der Waals surface area (Å²) < 4.78 is 1.88. The van der Waals surface area contributed by atoms with Crippen molar-refractivity contribution in [2.45, 2.75) is 13.5 Å². The lowest BCUT2D eigenvalue weighted by atomic mass is 10.0. The van der Waals surface area contributed by atoms with Crippen LogP contribution in [-0.4, -0.2) is 51.7 Å². The lowest BCUT2D eigenvalue weighted by Crippen LogP contribution is -2.48. The van der Waals surface area contributed by atoms with Crippen molar-refractivity contribution < 1.29 is 4.79 Å². The zero-order valence-electron chi connectivity index (χ0n) is 19.2. The van der Waals surface area contributed by atoms with Crippen LogP contribution in [-0.2, 0) is 6.54 Å². The van der Waals surface area contributed by atoms with E-state index < -0.39 is 0 Å². The largest absolute Gasteiger partial charge is 0.336 e. The molecule has 1 fully saturated rings. The van der Waals surface area contributed by atoms with E-state index >= 15 is 0 Å². The summed E-state index contributed by atoms with van der Waals surface area (Å²) in [6.45, 7) is 5.89. The van der Waals surface area contributed by atoms with Crippen molar-refractivity contribution in [1.29, 1.82) is 0 Å². The molecule has 0 bridgehead atoms. The molecule has 5 nitrogen and oxygen atoms in total. The number of para-hydroxylation sites is 1. The number of halogens is 1. The van der Waals surface area contributed by atoms with Crippen molar-refractivity contribution in [3.8, 4) is 16.9 Å². The average molecular weight is 471 g/mol. The van der Waals surface area contributed by atoms with Gasteiger partial charge in [0.1, 0.15) is 5.69 Å². The third kappa shape index (κ3) is 4.63. The summed E-state index contributed by atoms with van der Waals surface area (Å²) in [5.74, 6) is 0.0460. The van der Waals surface area contributed by atoms with Crippen LogP contribution in [0.1, 0.15) is 21.6 Å². The molecule has 34 heavy (non-hydrogen) atoms. The molecule has 6 heteroatoms. The quantitative estimate of drug-likeness (QED) is 0.389. The summed E-state index contributed by atoms with van der Waals surface area (Å²) >= 11 is 6.01. The molecule has 1 amide bonds. The Morgan fingerprint density at radius 2 is 1.47 bits per heavy atom. The van der Waals surface area contributed by atoms with Crippen molar-refractivity contribution in [2.75, 3.05) is 26.2 Å². The minimum atomic E-state index is 0.0460. The Labute approximate surface area is 205 Å². The van der Waals surface area contributed by atoms with Gasteiger partial charge < -0.3 is 4.90 Å². The number of benzene rings is 3. The van der Waals surface area contributed by atoms with E-state index in [2.05, 4.69) is 17.0 Å². The topological polar surface area (TPSA) is 41.4 Å². The Kier molecular flexibility index (Phi) is 6.48. The number of nitrogens with zero attached hydrogens (tertiary/aromatic N) is 4. The smallest absolute Gasteiger partial charge is 0.258 e. The van der Waals surface area contributed by atoms with Crippen LogP contribution in [0.25, 0.3) is 16.9 Å². The van der Waals surface area contributed by atoms with E-state index in [1.54, 1.807) is 0 Å². The van der Waals surface area contributed by atoms with Crippen LogP contribution in [0.3, 0.4) is 0 Å². The van der Waals surface area contributed by atoms with Gasteiger partial charge in [-0.05, 0) is 36.8 Å². The predicted octanol–water partition coefficient (Wildman–Crippen LogP) is 5.46. The van der Waals surface area contributed by atoms with Gasteiger partial charge in [0.15, 0.2) is 0 Å². The van der Waals surface area contributed by atoms with E-state index in [0.717, 1.165) is 47.3 Å². The second-order valence-corrected chi connectivity index (χ2v) is 9.05. The molecule has 0 N–H and O–H groups in total. The Hall–Kier alpha value is -3.41. The van der Waals surface area contributed by atoms with E-state index in [4.69, 9.17) is 16.7 Å². The van der Waals surface area contributed by atoms with E-state index in [-0.39, 0.29) is 5.91 Å². The molecule has 3 aromatic carbocycles. The SMILES string of the molecule is Cc1c(C(=O)N2CCN(Cc3ccc(Cl)cc3)CC2)c(-c2ccccc2)nn1-c1ccccc1. The van der Waals surface area contributed by atoms with Crippen molar-refractivity contribution in [3.05, 3.63) is 107 Å². The molecule has 1 saturated heterocycles. The molecule has 5 rings (SSSR count). The maximum atomic E-state index is 13.8. The predicted molar refractivity (Wildman–Crippen MR) is 136 cm³/mol. The summed E-state index contributed by atoms with van der Waals surface area (Å²) in [7, 11) is 0. The van der Waals surface area contributed by atoms with Gasteiger partial charge >= 0.3 is 0 Å². The Balaban J connectivity index is 1.39. The Morgan fingerprint density at radius 3 is 2.12 bits per heavy atom. The average Bonchev–Trinajstić information content (AvgIpc) is 3.23. The lowest BCUT2D eigenvalue weighted by Gasteiger charge is -2.35. The molecule has 2 heterocycles. The molecule has 1 aliphatic rings. The first-order valence-electron chi connectivity index (χ1n) is 11.6. The van der Waals surface area contributed by atoms with Crippen LogP contribution >= 0.6 is 11.6 Å². The molecular formula is C28H27ClN4O. The highest BCUT2D eigenvalue weighted by Crippen LogP contribution is 2.29. The highest BCUT2D eigenvalue weighted by atomic mass is 35.5. The van der Waals surface area contributed by atoms with Gasteiger partial charge in [-0.3, -0.25) is 9.69 Å². The normalized spacial score (nSPS) is 14.4. The van der Waals surface area contributed by atoms with E-state index in [1.807, 2.05) is 89.3 Å². The van der Waals surface area contributed by atoms with Crippen molar-refractivity contribution >= 4 is 17.5 Å². The number of hydrogen-bond donors (Lipinski definition) is 0. The minimum Gasteiger partial charge on any atom is -0.336 e. The summed E-state index contributed by atoms with van der Waals surface area (Å²) in [6.07, 6.45) is 0. The molecule has 0 saturated carbocycles. The van der Waals surface area contributed by atoms with Crippen LogP contribution in [0, 0.1) is 6.92 Å². The molecular weight excluding hydrogens is 444 g/mol. The fourth-order valence-electron chi connectivity index (χ4n) is 4.49. The van der Waals surface area contributed by atoms with Gasteiger partial charge in [-0.15, -0.1) is 0 Å². The maximum Gasteiger partial charge on any atom is 0.258 e. The van der Waals surface area contributed by atoms with Crippen molar-refractivity contribution in [3.63, 3.8) is 0 Å². The standard InChI is InChI=1S/C28H27ClN4O/c1-21-26(27(23-8-4-2-5-9-23)30-33(21)25-10-6-3-7-11-25)28(34)32-18-16-31(17-19-32)20-22-12-14-24(29)15-13-22/h2-15H,16-20H2,1H3. The summed E-state index contributed by atoms with van der Waals surface area (Å²) in [4.78, 5) is 18.1. The van der Waals surface area contributed by atoms with Crippen LogP contribution in [0.5, 0.6) is 0 Å². The van der Waals surface area contributed by atoms with Crippen LogP contribution in [0.2, 0.25) is 5.02 Å². The van der Waals surface area contributed by atoms with Gasteiger partial charge in [0.25, 0.3) is 5.91 Å². The molecule has 172 valence electrons. The fraction of sp³-hybridized carbons (Fsp3) is 0.214. The van der Waals surface area contributed by atoms with Gasteiger partial charge in [0, 0.05) is 43.3 Å². The fourth-order valence-corrected chi connectivity index (χ4v) is 4.62. The zero-order valence-corrected chi connectivity index (χ0v) is 19.9. The number of carbonyl (C=O) groups is 1. The molecule has 1 aliphatic heterocycles. The summed E-state index contributed by atoms with van der Waals surface area (Å²) in [5.41, 5.74) is 5.40. The molecule has 1 aromatic heterocycles. The summed E-state index contributed by atoms with van der Waals surface area (Å²) in [5, 5.41) is 5.64. The monoisotopic (exact) mass is 470 g/mol. The molecule has 0 atom stereocenters. The zero-order chi connectivity index (χ0) is 23.5. The summed E-state index contributed by atoms with van der Waals surface area (Å²) in [6, 6.07) is 27.9. The van der Waals surface area contributed by atoms with E-state index in [0.29, 0.717) is 18.7 Å². The van der Waals surface area contributed by atoms with Gasteiger partial charge in [-0.1, -0.05) is 72.3 Å². The first-order valence-corrected chi connectivity index (χ1v) is 11.9. The first kappa shape index (κ1) is 22.4. The number of carbonyl (C=O) groups excluding carboxylic acids is 1. The molecule has 0 unspecified atom stereocenters. The maximum absolute atomic E-state index is 13.8. The van der Waals surface area contributed by atoms with Gasteiger partial charge in [0.2, 0.25) is 0 Å².